The molecule has 112 valence electrons. The SMILES string of the molecule is CCOc1ccc2c(c1C)O/C(=C\c1ccc(Br)cc1)C2=O. The number of carbonyl (C=O) groups excluding carboxylic acids is 1. The van der Waals surface area contributed by atoms with E-state index in [1.807, 2.05) is 44.2 Å². The molecule has 22 heavy (non-hydrogen) atoms. The van der Waals surface area contributed by atoms with Crippen LogP contribution in [0, 0.1) is 6.92 Å². The van der Waals surface area contributed by atoms with Gasteiger partial charge in [-0.25, -0.2) is 0 Å². The van der Waals surface area contributed by atoms with Crippen LogP contribution in [0.2, 0.25) is 0 Å². The second-order valence-electron chi connectivity index (χ2n) is 4.99. The number of Topliss-reactive ketones (excluding diaryl/α,β-unsaturated/α-hetero) is 1. The second-order valence-corrected chi connectivity index (χ2v) is 5.91. The first-order valence-corrected chi connectivity index (χ1v) is 7.85. The predicted molar refractivity (Wildman–Crippen MR) is 89.4 cm³/mol. The Labute approximate surface area is 137 Å². The van der Waals surface area contributed by atoms with Gasteiger partial charge < -0.3 is 9.47 Å². The zero-order valence-corrected chi connectivity index (χ0v) is 13.9. The summed E-state index contributed by atoms with van der Waals surface area (Å²) >= 11 is 3.39. The fourth-order valence-corrected chi connectivity index (χ4v) is 2.65. The van der Waals surface area contributed by atoms with Crippen LogP contribution in [0.25, 0.3) is 6.08 Å². The second kappa shape index (κ2) is 5.97. The van der Waals surface area contributed by atoms with E-state index in [-0.39, 0.29) is 5.78 Å². The van der Waals surface area contributed by atoms with Crippen molar-refractivity contribution in [2.75, 3.05) is 6.61 Å². The molecule has 3 nitrogen and oxygen atoms in total. The van der Waals surface area contributed by atoms with Crippen LogP contribution >= 0.6 is 15.9 Å². The van der Waals surface area contributed by atoms with Gasteiger partial charge >= 0.3 is 0 Å². The van der Waals surface area contributed by atoms with Crippen molar-refractivity contribution in [3.63, 3.8) is 0 Å². The molecule has 0 saturated heterocycles. The molecule has 0 aromatic heterocycles. The van der Waals surface area contributed by atoms with Crippen molar-refractivity contribution in [1.29, 1.82) is 0 Å². The number of ether oxygens (including phenoxy) is 2. The molecule has 0 N–H and O–H groups in total. The third-order valence-corrected chi connectivity index (χ3v) is 4.03. The van der Waals surface area contributed by atoms with Gasteiger partial charge in [0.1, 0.15) is 11.5 Å². The number of hydrogen-bond donors (Lipinski definition) is 0. The Morgan fingerprint density at radius 1 is 1.18 bits per heavy atom. The largest absolute Gasteiger partial charge is 0.493 e. The van der Waals surface area contributed by atoms with Crippen molar-refractivity contribution >= 4 is 27.8 Å². The van der Waals surface area contributed by atoms with Crippen molar-refractivity contribution in [2.24, 2.45) is 0 Å². The number of halogens is 1. The molecule has 0 aliphatic carbocycles. The number of benzene rings is 2. The summed E-state index contributed by atoms with van der Waals surface area (Å²) in [6.45, 7) is 4.41. The minimum Gasteiger partial charge on any atom is -0.493 e. The van der Waals surface area contributed by atoms with E-state index < -0.39 is 0 Å². The summed E-state index contributed by atoms with van der Waals surface area (Å²) in [6, 6.07) is 11.3. The third kappa shape index (κ3) is 2.66. The highest BCUT2D eigenvalue weighted by Gasteiger charge is 2.30. The first kappa shape index (κ1) is 14.9. The monoisotopic (exact) mass is 358 g/mol. The van der Waals surface area contributed by atoms with Gasteiger partial charge in [0, 0.05) is 10.0 Å². The molecule has 3 rings (SSSR count). The van der Waals surface area contributed by atoms with Gasteiger partial charge in [-0.3, -0.25) is 4.79 Å². The highest BCUT2D eigenvalue weighted by atomic mass is 79.9. The van der Waals surface area contributed by atoms with Crippen molar-refractivity contribution in [2.45, 2.75) is 13.8 Å². The molecule has 0 fully saturated rings. The van der Waals surface area contributed by atoms with Gasteiger partial charge in [0.2, 0.25) is 5.78 Å². The van der Waals surface area contributed by atoms with Gasteiger partial charge in [0.25, 0.3) is 0 Å². The Kier molecular flexibility index (Phi) is 4.03. The topological polar surface area (TPSA) is 35.5 Å². The lowest BCUT2D eigenvalue weighted by molar-refractivity contribution is 0.101. The highest BCUT2D eigenvalue weighted by Crippen LogP contribution is 2.39. The Morgan fingerprint density at radius 2 is 1.91 bits per heavy atom. The minimum atomic E-state index is -0.0935. The minimum absolute atomic E-state index is 0.0935. The molecule has 2 aromatic rings. The third-order valence-electron chi connectivity index (χ3n) is 3.50. The Morgan fingerprint density at radius 3 is 2.59 bits per heavy atom. The first-order chi connectivity index (χ1) is 10.6. The molecule has 0 unspecified atom stereocenters. The van der Waals surface area contributed by atoms with Gasteiger partial charge in [-0.2, -0.15) is 0 Å². The van der Waals surface area contributed by atoms with E-state index in [1.54, 1.807) is 12.1 Å². The molecule has 0 radical (unpaired) electrons. The Bertz CT molecular complexity index is 761. The number of fused-ring (bicyclic) bond motifs is 1. The van der Waals surface area contributed by atoms with E-state index >= 15 is 0 Å². The number of hydrogen-bond acceptors (Lipinski definition) is 3. The molecule has 2 aromatic carbocycles. The summed E-state index contributed by atoms with van der Waals surface area (Å²) in [5, 5.41) is 0. The van der Waals surface area contributed by atoms with E-state index in [0.29, 0.717) is 23.7 Å². The summed E-state index contributed by atoms with van der Waals surface area (Å²) in [7, 11) is 0. The van der Waals surface area contributed by atoms with Crippen molar-refractivity contribution < 1.29 is 14.3 Å². The summed E-state index contributed by atoms with van der Waals surface area (Å²) in [5.74, 6) is 1.59. The molecule has 0 saturated carbocycles. The number of ketones is 1. The summed E-state index contributed by atoms with van der Waals surface area (Å²) in [4.78, 5) is 12.4. The van der Waals surface area contributed by atoms with E-state index in [1.165, 1.54) is 0 Å². The normalized spacial score (nSPS) is 14.9. The molecule has 0 atom stereocenters. The molecule has 0 bridgehead atoms. The van der Waals surface area contributed by atoms with Crippen molar-refractivity contribution in [3.05, 3.63) is 63.3 Å². The van der Waals surface area contributed by atoms with Gasteiger partial charge in [0.05, 0.1) is 12.2 Å². The van der Waals surface area contributed by atoms with E-state index in [9.17, 15) is 4.79 Å². The lowest BCUT2D eigenvalue weighted by Gasteiger charge is -2.09. The van der Waals surface area contributed by atoms with Crippen LogP contribution in [-0.2, 0) is 0 Å². The van der Waals surface area contributed by atoms with Crippen LogP contribution in [-0.4, -0.2) is 12.4 Å². The quantitative estimate of drug-likeness (QED) is 0.741. The van der Waals surface area contributed by atoms with Gasteiger partial charge in [-0.1, -0.05) is 28.1 Å². The van der Waals surface area contributed by atoms with E-state index in [4.69, 9.17) is 9.47 Å². The number of allylic oxidation sites excluding steroid dienone is 1. The maximum atomic E-state index is 12.4. The van der Waals surface area contributed by atoms with Gasteiger partial charge in [-0.15, -0.1) is 0 Å². The van der Waals surface area contributed by atoms with E-state index in [2.05, 4.69) is 15.9 Å². The zero-order valence-electron chi connectivity index (χ0n) is 12.4. The molecule has 1 aliphatic rings. The average Bonchev–Trinajstić information content (AvgIpc) is 2.82. The summed E-state index contributed by atoms with van der Waals surface area (Å²) in [6.07, 6.45) is 1.76. The molecule has 1 heterocycles. The maximum absolute atomic E-state index is 12.4. The van der Waals surface area contributed by atoms with Crippen LogP contribution < -0.4 is 9.47 Å². The lowest BCUT2D eigenvalue weighted by atomic mass is 10.1. The van der Waals surface area contributed by atoms with Crippen LogP contribution in [0.3, 0.4) is 0 Å². The van der Waals surface area contributed by atoms with Crippen LogP contribution in [0.15, 0.2) is 46.6 Å². The van der Waals surface area contributed by atoms with Gasteiger partial charge in [-0.05, 0) is 49.8 Å². The van der Waals surface area contributed by atoms with E-state index in [0.717, 1.165) is 21.3 Å². The zero-order chi connectivity index (χ0) is 15.7. The Balaban J connectivity index is 1.97. The molecular weight excluding hydrogens is 344 g/mol. The van der Waals surface area contributed by atoms with Crippen LogP contribution in [0.5, 0.6) is 11.5 Å². The molecule has 4 heteroatoms. The molecular formula is C18H15BrO3. The first-order valence-electron chi connectivity index (χ1n) is 7.06. The van der Waals surface area contributed by atoms with Crippen molar-refractivity contribution in [1.82, 2.24) is 0 Å². The summed E-state index contributed by atoms with van der Waals surface area (Å²) < 4.78 is 12.3. The van der Waals surface area contributed by atoms with Crippen molar-refractivity contribution in [3.8, 4) is 11.5 Å². The fraction of sp³-hybridized carbons (Fsp3) is 0.167. The fourth-order valence-electron chi connectivity index (χ4n) is 2.39. The molecule has 0 spiro atoms. The smallest absolute Gasteiger partial charge is 0.231 e. The average molecular weight is 359 g/mol. The number of carbonyl (C=O) groups is 1. The molecule has 1 aliphatic heterocycles. The number of rotatable bonds is 3. The van der Waals surface area contributed by atoms with Crippen LogP contribution in [0.1, 0.15) is 28.4 Å². The highest BCUT2D eigenvalue weighted by molar-refractivity contribution is 9.10. The maximum Gasteiger partial charge on any atom is 0.231 e. The van der Waals surface area contributed by atoms with Crippen LogP contribution in [0.4, 0.5) is 0 Å². The Hall–Kier alpha value is -2.07. The molecule has 0 amide bonds. The predicted octanol–water partition coefficient (Wildman–Crippen LogP) is 4.77. The van der Waals surface area contributed by atoms with Gasteiger partial charge in [0.15, 0.2) is 5.76 Å². The standard InChI is InChI=1S/C18H15BrO3/c1-3-21-15-9-8-14-17(20)16(22-18(14)11(15)2)10-12-4-6-13(19)7-5-12/h4-10H,3H2,1-2H3/b16-10-. The lowest BCUT2D eigenvalue weighted by Crippen LogP contribution is -1.97. The summed E-state index contributed by atoms with van der Waals surface area (Å²) in [5.41, 5.74) is 2.36.